The molecule has 0 saturated carbocycles. The monoisotopic (exact) mass is 488 g/mol. The fourth-order valence-corrected chi connectivity index (χ4v) is 4.19. The minimum absolute atomic E-state index is 0.249. The van der Waals surface area contributed by atoms with Crippen molar-refractivity contribution in [2.45, 2.75) is 19.6 Å². The van der Waals surface area contributed by atoms with Crippen LogP contribution < -0.4 is 9.47 Å². The minimum atomic E-state index is -4.74. The van der Waals surface area contributed by atoms with E-state index in [1.165, 1.54) is 4.90 Å². The molecule has 1 aliphatic rings. The smallest absolute Gasteiger partial charge is 0.434 e. The number of carbonyl (C=O) groups excluding carboxylic acids is 1. The minimum Gasteiger partial charge on any atom is -0.497 e. The van der Waals surface area contributed by atoms with E-state index in [4.69, 9.17) is 9.47 Å². The lowest BCUT2D eigenvalue weighted by atomic mass is 10.1. The Labute approximate surface area is 201 Å². The summed E-state index contributed by atoms with van der Waals surface area (Å²) in [5.41, 5.74) is 0.593. The molecule has 1 saturated heterocycles. The Hall–Kier alpha value is -3.53. The van der Waals surface area contributed by atoms with Gasteiger partial charge in [-0.2, -0.15) is 18.3 Å². The summed E-state index contributed by atoms with van der Waals surface area (Å²) in [6.07, 6.45) is -3.73. The average Bonchev–Trinajstić information content (AvgIpc) is 3.30. The van der Waals surface area contributed by atoms with Crippen LogP contribution in [0.3, 0.4) is 0 Å². The number of aromatic nitrogens is 2. The molecule has 0 radical (unpaired) electrons. The van der Waals surface area contributed by atoms with Crippen molar-refractivity contribution in [3.63, 3.8) is 0 Å². The molecule has 1 aliphatic heterocycles. The van der Waals surface area contributed by atoms with Gasteiger partial charge < -0.3 is 14.4 Å². The molecular formula is C25H27F3N4O3. The molecule has 10 heteroatoms. The maximum absolute atomic E-state index is 14.0. The van der Waals surface area contributed by atoms with Crippen LogP contribution in [0.4, 0.5) is 13.2 Å². The Bertz CT molecular complexity index is 1180. The van der Waals surface area contributed by atoms with Crippen molar-refractivity contribution in [3.8, 4) is 17.2 Å². The highest BCUT2D eigenvalue weighted by atomic mass is 19.4. The van der Waals surface area contributed by atoms with Gasteiger partial charge in [-0.3, -0.25) is 9.69 Å². The van der Waals surface area contributed by atoms with E-state index >= 15 is 0 Å². The van der Waals surface area contributed by atoms with Gasteiger partial charge >= 0.3 is 6.18 Å². The predicted octanol–water partition coefficient (Wildman–Crippen LogP) is 4.17. The second kappa shape index (κ2) is 9.99. The van der Waals surface area contributed by atoms with Gasteiger partial charge in [-0.05, 0) is 37.3 Å². The average molecular weight is 489 g/mol. The number of halogens is 3. The molecule has 35 heavy (non-hydrogen) atoms. The van der Waals surface area contributed by atoms with Gasteiger partial charge in [-0.1, -0.05) is 17.7 Å². The third kappa shape index (κ3) is 5.27. The molecule has 0 unspecified atom stereocenters. The Morgan fingerprint density at radius 3 is 2.29 bits per heavy atom. The number of hydrogen-bond donors (Lipinski definition) is 0. The topological polar surface area (TPSA) is 59.8 Å². The molecule has 2 aromatic carbocycles. The maximum atomic E-state index is 14.0. The molecule has 1 amide bonds. The first-order valence-corrected chi connectivity index (χ1v) is 11.2. The van der Waals surface area contributed by atoms with Gasteiger partial charge in [0.2, 0.25) is 0 Å². The second-order valence-electron chi connectivity index (χ2n) is 8.40. The van der Waals surface area contributed by atoms with Crippen LogP contribution in [0.1, 0.15) is 27.2 Å². The number of piperazine rings is 1. The summed E-state index contributed by atoms with van der Waals surface area (Å²) in [6, 6.07) is 12.1. The normalized spacial score (nSPS) is 14.7. The first-order chi connectivity index (χ1) is 16.7. The summed E-state index contributed by atoms with van der Waals surface area (Å²) < 4.78 is 53.5. The quantitative estimate of drug-likeness (QED) is 0.521. The molecule has 0 aliphatic carbocycles. The Kier molecular flexibility index (Phi) is 7.02. The van der Waals surface area contributed by atoms with Crippen LogP contribution in [-0.2, 0) is 12.7 Å². The molecule has 1 fully saturated rings. The Morgan fingerprint density at radius 2 is 1.69 bits per heavy atom. The van der Waals surface area contributed by atoms with Crippen LogP contribution in [0.2, 0.25) is 0 Å². The van der Waals surface area contributed by atoms with Crippen LogP contribution in [0.25, 0.3) is 5.69 Å². The first-order valence-electron chi connectivity index (χ1n) is 11.2. The molecule has 2 heterocycles. The van der Waals surface area contributed by atoms with E-state index in [2.05, 4.69) is 10.00 Å². The van der Waals surface area contributed by atoms with Crippen molar-refractivity contribution in [3.05, 3.63) is 71.0 Å². The van der Waals surface area contributed by atoms with Crippen LogP contribution in [0.15, 0.2) is 48.7 Å². The molecule has 0 atom stereocenters. The third-order valence-corrected chi connectivity index (χ3v) is 6.09. The van der Waals surface area contributed by atoms with Gasteiger partial charge in [0, 0.05) is 38.3 Å². The SMILES string of the molecule is COc1ccc(OC)c(CN2CCN(C(=O)c3cnn(-c4ccc(C)cc4)c3C(F)(F)F)CC2)c1. The van der Waals surface area contributed by atoms with Crippen molar-refractivity contribution < 1.29 is 27.4 Å². The highest BCUT2D eigenvalue weighted by Crippen LogP contribution is 2.34. The summed E-state index contributed by atoms with van der Waals surface area (Å²) in [4.78, 5) is 16.7. The molecule has 3 aromatic rings. The van der Waals surface area contributed by atoms with E-state index in [1.807, 2.05) is 25.1 Å². The number of alkyl halides is 3. The molecule has 0 N–H and O–H groups in total. The Morgan fingerprint density at radius 1 is 1.00 bits per heavy atom. The van der Waals surface area contributed by atoms with E-state index in [9.17, 15) is 18.0 Å². The van der Waals surface area contributed by atoms with E-state index in [0.717, 1.165) is 27.8 Å². The lowest BCUT2D eigenvalue weighted by Crippen LogP contribution is -2.48. The number of nitrogens with zero attached hydrogens (tertiary/aromatic N) is 4. The number of hydrogen-bond acceptors (Lipinski definition) is 5. The van der Waals surface area contributed by atoms with Gasteiger partial charge in [-0.25, -0.2) is 4.68 Å². The molecule has 4 rings (SSSR count). The number of amides is 1. The lowest BCUT2D eigenvalue weighted by molar-refractivity contribution is -0.143. The summed E-state index contributed by atoms with van der Waals surface area (Å²) in [6.45, 7) is 4.05. The largest absolute Gasteiger partial charge is 0.497 e. The fourth-order valence-electron chi connectivity index (χ4n) is 4.19. The van der Waals surface area contributed by atoms with Crippen LogP contribution >= 0.6 is 0 Å². The van der Waals surface area contributed by atoms with Crippen LogP contribution in [-0.4, -0.2) is 65.9 Å². The molecular weight excluding hydrogens is 461 g/mol. The van der Waals surface area contributed by atoms with Crippen molar-refractivity contribution >= 4 is 5.91 Å². The summed E-state index contributed by atoms with van der Waals surface area (Å²) in [7, 11) is 3.18. The van der Waals surface area contributed by atoms with Gasteiger partial charge in [0.25, 0.3) is 5.91 Å². The lowest BCUT2D eigenvalue weighted by Gasteiger charge is -2.35. The number of carbonyl (C=O) groups is 1. The van der Waals surface area contributed by atoms with E-state index in [1.54, 1.807) is 38.5 Å². The van der Waals surface area contributed by atoms with E-state index in [-0.39, 0.29) is 5.69 Å². The zero-order valence-corrected chi connectivity index (χ0v) is 19.8. The van der Waals surface area contributed by atoms with Gasteiger partial charge in [-0.15, -0.1) is 0 Å². The van der Waals surface area contributed by atoms with Crippen LogP contribution in [0.5, 0.6) is 11.5 Å². The van der Waals surface area contributed by atoms with Crippen molar-refractivity contribution in [2.24, 2.45) is 0 Å². The molecule has 0 bridgehead atoms. The Balaban J connectivity index is 1.50. The molecule has 7 nitrogen and oxygen atoms in total. The number of benzene rings is 2. The number of aryl methyl sites for hydroxylation is 1. The predicted molar refractivity (Wildman–Crippen MR) is 124 cm³/mol. The summed E-state index contributed by atoms with van der Waals surface area (Å²) >= 11 is 0. The standard InChI is InChI=1S/C25H27F3N4O3/c1-17-4-6-19(7-5-17)32-23(25(26,27)28)21(15-29-32)24(33)31-12-10-30(11-13-31)16-18-14-20(34-2)8-9-22(18)35-3/h4-9,14-15H,10-13,16H2,1-3H3. The highest BCUT2D eigenvalue weighted by molar-refractivity contribution is 5.95. The van der Waals surface area contributed by atoms with Crippen molar-refractivity contribution in [2.75, 3.05) is 40.4 Å². The van der Waals surface area contributed by atoms with Gasteiger partial charge in [0.1, 0.15) is 11.5 Å². The van der Waals surface area contributed by atoms with Crippen molar-refractivity contribution in [1.82, 2.24) is 19.6 Å². The highest BCUT2D eigenvalue weighted by Gasteiger charge is 2.41. The van der Waals surface area contributed by atoms with E-state index in [0.29, 0.717) is 38.5 Å². The summed E-state index contributed by atoms with van der Waals surface area (Å²) in [5.74, 6) is 0.761. The maximum Gasteiger partial charge on any atom is 0.434 e. The fraction of sp³-hybridized carbons (Fsp3) is 0.360. The zero-order valence-electron chi connectivity index (χ0n) is 19.8. The molecule has 0 spiro atoms. The van der Waals surface area contributed by atoms with Crippen molar-refractivity contribution in [1.29, 1.82) is 0 Å². The molecule has 186 valence electrons. The second-order valence-corrected chi connectivity index (χ2v) is 8.40. The van der Waals surface area contributed by atoms with Gasteiger partial charge in [0.15, 0.2) is 5.69 Å². The number of ether oxygens (including phenoxy) is 2. The summed E-state index contributed by atoms with van der Waals surface area (Å²) in [5, 5.41) is 3.92. The van der Waals surface area contributed by atoms with Crippen LogP contribution in [0, 0.1) is 6.92 Å². The number of rotatable bonds is 6. The zero-order chi connectivity index (χ0) is 25.2. The van der Waals surface area contributed by atoms with Gasteiger partial charge in [0.05, 0.1) is 31.7 Å². The third-order valence-electron chi connectivity index (χ3n) is 6.09. The molecule has 1 aromatic heterocycles. The number of methoxy groups -OCH3 is 2. The van der Waals surface area contributed by atoms with E-state index < -0.39 is 23.3 Å². The first kappa shape index (κ1) is 24.6.